The van der Waals surface area contributed by atoms with Gasteiger partial charge in [-0.3, -0.25) is 0 Å². The molecule has 1 aromatic rings. The predicted molar refractivity (Wildman–Crippen MR) is 53.1 cm³/mol. The van der Waals surface area contributed by atoms with E-state index in [1.165, 1.54) is 0 Å². The predicted octanol–water partition coefficient (Wildman–Crippen LogP) is 2.89. The first-order chi connectivity index (χ1) is 5.65. The summed E-state index contributed by atoms with van der Waals surface area (Å²) in [5, 5.41) is 9.42. The van der Waals surface area contributed by atoms with Crippen molar-refractivity contribution in [3.8, 4) is 18.1 Å². The van der Waals surface area contributed by atoms with Crippen LogP contribution in [-0.2, 0) is 0 Å². The zero-order valence-corrected chi connectivity index (χ0v) is 8.30. The minimum atomic E-state index is -0.0532. The smallest absolute Gasteiger partial charge is 0.120 e. The summed E-state index contributed by atoms with van der Waals surface area (Å²) in [4.78, 5) is 0. The molecule has 0 saturated carbocycles. The van der Waals surface area contributed by atoms with Gasteiger partial charge in [-0.1, -0.05) is 21.9 Å². The molecule has 0 aliphatic carbocycles. The topological polar surface area (TPSA) is 20.2 Å². The number of benzene rings is 1. The summed E-state index contributed by atoms with van der Waals surface area (Å²) >= 11 is 3.31. The van der Waals surface area contributed by atoms with Crippen LogP contribution in [0, 0.1) is 12.3 Å². The fraction of sp³-hybridized carbons (Fsp3) is 0.200. The van der Waals surface area contributed by atoms with Crippen LogP contribution in [0.15, 0.2) is 22.7 Å². The molecule has 0 heterocycles. The van der Waals surface area contributed by atoms with Gasteiger partial charge in [0.2, 0.25) is 0 Å². The van der Waals surface area contributed by atoms with Gasteiger partial charge in [-0.05, 0) is 25.1 Å². The van der Waals surface area contributed by atoms with Crippen molar-refractivity contribution in [3.63, 3.8) is 0 Å². The Bertz CT molecular complexity index is 325. The van der Waals surface area contributed by atoms with Gasteiger partial charge in [0.25, 0.3) is 0 Å². The second-order valence-corrected chi connectivity index (χ2v) is 3.51. The molecule has 62 valence electrons. The van der Waals surface area contributed by atoms with Gasteiger partial charge in [0.05, 0.1) is 0 Å². The minimum Gasteiger partial charge on any atom is -0.508 e. The number of terminal acetylenes is 1. The lowest BCUT2D eigenvalue weighted by Gasteiger charge is -2.07. The summed E-state index contributed by atoms with van der Waals surface area (Å²) in [5.74, 6) is 2.77. The van der Waals surface area contributed by atoms with Gasteiger partial charge < -0.3 is 5.11 Å². The minimum absolute atomic E-state index is 0.0532. The summed E-state index contributed by atoms with van der Waals surface area (Å²) in [6.45, 7) is 1.88. The quantitative estimate of drug-likeness (QED) is 0.728. The van der Waals surface area contributed by atoms with Crippen LogP contribution < -0.4 is 0 Å². The van der Waals surface area contributed by atoms with Crippen molar-refractivity contribution in [2.45, 2.75) is 12.8 Å². The van der Waals surface area contributed by atoms with E-state index in [1.807, 2.05) is 13.0 Å². The molecule has 0 bridgehead atoms. The third-order valence-corrected chi connectivity index (χ3v) is 2.20. The van der Waals surface area contributed by atoms with E-state index in [0.717, 1.165) is 10.0 Å². The molecule has 1 rings (SSSR count). The summed E-state index contributed by atoms with van der Waals surface area (Å²) in [7, 11) is 0. The summed E-state index contributed by atoms with van der Waals surface area (Å²) in [6.07, 6.45) is 5.25. The maximum atomic E-state index is 9.42. The Balaban J connectivity index is 3.15. The van der Waals surface area contributed by atoms with E-state index in [-0.39, 0.29) is 11.7 Å². The fourth-order valence-electron chi connectivity index (χ4n) is 0.962. The maximum Gasteiger partial charge on any atom is 0.120 e. The van der Waals surface area contributed by atoms with Crippen LogP contribution in [0.5, 0.6) is 5.75 Å². The first kappa shape index (κ1) is 9.15. The maximum absolute atomic E-state index is 9.42. The number of phenolic OH excluding ortho intramolecular Hbond substituents is 1. The largest absolute Gasteiger partial charge is 0.508 e. The molecule has 0 aliphatic heterocycles. The van der Waals surface area contributed by atoms with Gasteiger partial charge in [0, 0.05) is 16.0 Å². The normalized spacial score (nSPS) is 12.1. The van der Waals surface area contributed by atoms with Gasteiger partial charge in [-0.15, -0.1) is 6.42 Å². The molecule has 0 radical (unpaired) electrons. The van der Waals surface area contributed by atoms with Crippen LogP contribution in [-0.4, -0.2) is 5.11 Å². The molecule has 1 nitrogen and oxygen atoms in total. The van der Waals surface area contributed by atoms with Gasteiger partial charge >= 0.3 is 0 Å². The molecule has 0 aromatic heterocycles. The van der Waals surface area contributed by atoms with Crippen LogP contribution in [0.4, 0.5) is 0 Å². The van der Waals surface area contributed by atoms with Gasteiger partial charge in [-0.25, -0.2) is 0 Å². The summed E-state index contributed by atoms with van der Waals surface area (Å²) < 4.78 is 0.928. The zero-order valence-electron chi connectivity index (χ0n) is 6.71. The van der Waals surface area contributed by atoms with E-state index in [9.17, 15) is 5.11 Å². The Labute approximate surface area is 80.6 Å². The third kappa shape index (κ3) is 1.80. The van der Waals surface area contributed by atoms with Crippen molar-refractivity contribution in [1.82, 2.24) is 0 Å². The first-order valence-electron chi connectivity index (χ1n) is 3.59. The van der Waals surface area contributed by atoms with E-state index >= 15 is 0 Å². The van der Waals surface area contributed by atoms with Crippen molar-refractivity contribution in [2.75, 3.05) is 0 Å². The van der Waals surface area contributed by atoms with E-state index in [2.05, 4.69) is 21.9 Å². The molecule has 1 unspecified atom stereocenters. The highest BCUT2D eigenvalue weighted by Crippen LogP contribution is 2.27. The molecular formula is C10H9BrO. The van der Waals surface area contributed by atoms with Crippen LogP contribution in [0.2, 0.25) is 0 Å². The standard InChI is InChI=1S/C10H9BrO/c1-3-7(2)9-6-8(11)4-5-10(9)12/h1,4-7,12H,2H3. The highest BCUT2D eigenvalue weighted by atomic mass is 79.9. The van der Waals surface area contributed by atoms with E-state index in [1.54, 1.807) is 12.1 Å². The Morgan fingerprint density at radius 2 is 2.25 bits per heavy atom. The van der Waals surface area contributed by atoms with Crippen LogP contribution in [0.1, 0.15) is 18.4 Å². The number of rotatable bonds is 1. The fourth-order valence-corrected chi connectivity index (χ4v) is 1.34. The second kappa shape index (κ2) is 3.64. The lowest BCUT2D eigenvalue weighted by Crippen LogP contribution is -1.89. The molecule has 0 amide bonds. The Morgan fingerprint density at radius 1 is 1.58 bits per heavy atom. The molecule has 1 N–H and O–H groups in total. The van der Waals surface area contributed by atoms with E-state index < -0.39 is 0 Å². The molecule has 2 heteroatoms. The number of aromatic hydroxyl groups is 1. The number of hydrogen-bond acceptors (Lipinski definition) is 1. The van der Waals surface area contributed by atoms with Crippen LogP contribution in [0.3, 0.4) is 0 Å². The lowest BCUT2D eigenvalue weighted by molar-refractivity contribution is 0.467. The van der Waals surface area contributed by atoms with Gasteiger partial charge in [-0.2, -0.15) is 0 Å². The second-order valence-electron chi connectivity index (χ2n) is 2.59. The van der Waals surface area contributed by atoms with Crippen molar-refractivity contribution >= 4 is 15.9 Å². The molecule has 1 aromatic carbocycles. The highest BCUT2D eigenvalue weighted by molar-refractivity contribution is 9.10. The van der Waals surface area contributed by atoms with Crippen LogP contribution in [0.25, 0.3) is 0 Å². The van der Waals surface area contributed by atoms with Crippen molar-refractivity contribution < 1.29 is 5.11 Å². The van der Waals surface area contributed by atoms with E-state index in [4.69, 9.17) is 6.42 Å². The molecule has 0 aliphatic rings. The highest BCUT2D eigenvalue weighted by Gasteiger charge is 2.07. The number of halogens is 1. The molecule has 1 atom stereocenters. The van der Waals surface area contributed by atoms with Crippen molar-refractivity contribution in [2.24, 2.45) is 0 Å². The Kier molecular flexibility index (Phi) is 2.78. The first-order valence-corrected chi connectivity index (χ1v) is 4.39. The molecular weight excluding hydrogens is 216 g/mol. The molecule has 12 heavy (non-hydrogen) atoms. The van der Waals surface area contributed by atoms with Gasteiger partial charge in [0.1, 0.15) is 5.75 Å². The Hall–Kier alpha value is -0.940. The summed E-state index contributed by atoms with van der Waals surface area (Å²) in [6, 6.07) is 5.25. The average Bonchev–Trinajstić information content (AvgIpc) is 2.08. The monoisotopic (exact) mass is 224 g/mol. The average molecular weight is 225 g/mol. The van der Waals surface area contributed by atoms with Crippen molar-refractivity contribution in [1.29, 1.82) is 0 Å². The molecule has 0 fully saturated rings. The number of hydrogen-bond donors (Lipinski definition) is 1. The van der Waals surface area contributed by atoms with Crippen molar-refractivity contribution in [3.05, 3.63) is 28.2 Å². The van der Waals surface area contributed by atoms with E-state index in [0.29, 0.717) is 0 Å². The summed E-state index contributed by atoms with van der Waals surface area (Å²) in [5.41, 5.74) is 0.784. The lowest BCUT2D eigenvalue weighted by atomic mass is 10.0. The zero-order chi connectivity index (χ0) is 9.14. The van der Waals surface area contributed by atoms with Gasteiger partial charge in [0.15, 0.2) is 0 Å². The SMILES string of the molecule is C#CC(C)c1cc(Br)ccc1O. The Morgan fingerprint density at radius 3 is 2.83 bits per heavy atom. The molecule has 0 spiro atoms. The third-order valence-electron chi connectivity index (χ3n) is 1.71. The molecule has 0 saturated heterocycles. The van der Waals surface area contributed by atoms with Crippen LogP contribution >= 0.6 is 15.9 Å². The number of phenols is 1.